The zero-order valence-electron chi connectivity index (χ0n) is 13.4. The second kappa shape index (κ2) is 11.5. The summed E-state index contributed by atoms with van der Waals surface area (Å²) in [5.41, 5.74) is 1.29. The van der Waals surface area contributed by atoms with Crippen LogP contribution in [0.1, 0.15) is 38.7 Å². The number of unbranched alkanes of at least 4 members (excludes halogenated alkanes) is 1. The molecule has 0 aliphatic heterocycles. The molecule has 0 fully saturated rings. The van der Waals surface area contributed by atoms with Crippen LogP contribution in [0.3, 0.4) is 0 Å². The highest BCUT2D eigenvalue weighted by Crippen LogP contribution is 2.03. The van der Waals surface area contributed by atoms with E-state index in [1.54, 1.807) is 6.20 Å². The summed E-state index contributed by atoms with van der Waals surface area (Å²) in [6.07, 6.45) is 19.8. The molecule has 0 aromatic carbocycles. The normalized spacial score (nSPS) is 13.2. The van der Waals surface area contributed by atoms with Gasteiger partial charge in [0.1, 0.15) is 6.10 Å². The van der Waals surface area contributed by atoms with Crippen molar-refractivity contribution < 1.29 is 9.53 Å². The molecule has 1 aromatic heterocycles. The van der Waals surface area contributed by atoms with E-state index in [1.165, 1.54) is 12.5 Å². The van der Waals surface area contributed by atoms with Crippen LogP contribution in [0.4, 0.5) is 0 Å². The Kier molecular flexibility index (Phi) is 9.35. The quantitative estimate of drug-likeness (QED) is 0.385. The summed E-state index contributed by atoms with van der Waals surface area (Å²) in [7, 11) is 0. The lowest BCUT2D eigenvalue weighted by Crippen LogP contribution is -2.10. The van der Waals surface area contributed by atoms with Gasteiger partial charge in [0, 0.05) is 25.7 Å². The highest BCUT2D eigenvalue weighted by Gasteiger charge is 2.01. The number of ether oxygens (including phenoxy) is 1. The molecule has 0 spiro atoms. The fourth-order valence-electron chi connectivity index (χ4n) is 1.95. The third-order valence-corrected chi connectivity index (χ3v) is 3.00. The molecule has 0 unspecified atom stereocenters. The molecular weight excluding hydrogens is 274 g/mol. The van der Waals surface area contributed by atoms with Crippen LogP contribution in [0.2, 0.25) is 0 Å². The van der Waals surface area contributed by atoms with Gasteiger partial charge >= 0.3 is 5.97 Å². The average Bonchev–Trinajstić information content (AvgIpc) is 2.49. The van der Waals surface area contributed by atoms with Crippen LogP contribution in [0.15, 0.2) is 61.0 Å². The van der Waals surface area contributed by atoms with Crippen LogP contribution in [-0.4, -0.2) is 17.1 Å². The zero-order valence-corrected chi connectivity index (χ0v) is 13.4. The van der Waals surface area contributed by atoms with Crippen molar-refractivity contribution in [3.8, 4) is 0 Å². The Morgan fingerprint density at radius 3 is 2.73 bits per heavy atom. The number of esters is 1. The highest BCUT2D eigenvalue weighted by atomic mass is 16.5. The third kappa shape index (κ3) is 9.70. The molecular formula is C19H25NO2. The Morgan fingerprint density at radius 1 is 1.27 bits per heavy atom. The molecule has 1 aromatic rings. The van der Waals surface area contributed by atoms with E-state index in [4.69, 9.17) is 4.74 Å². The maximum atomic E-state index is 10.7. The molecule has 0 saturated heterocycles. The number of hydrogen-bond acceptors (Lipinski definition) is 3. The molecule has 1 atom stereocenters. The van der Waals surface area contributed by atoms with Gasteiger partial charge in [0.2, 0.25) is 0 Å². The Labute approximate surface area is 133 Å². The van der Waals surface area contributed by atoms with E-state index in [9.17, 15) is 4.79 Å². The van der Waals surface area contributed by atoms with Crippen molar-refractivity contribution in [3.63, 3.8) is 0 Å². The van der Waals surface area contributed by atoms with Crippen molar-refractivity contribution in [1.82, 2.24) is 4.98 Å². The van der Waals surface area contributed by atoms with E-state index in [1.807, 2.05) is 43.5 Å². The summed E-state index contributed by atoms with van der Waals surface area (Å²) in [6, 6.07) is 4.08. The number of aryl methyl sites for hydroxylation is 1. The van der Waals surface area contributed by atoms with E-state index in [0.717, 1.165) is 25.7 Å². The smallest absolute Gasteiger partial charge is 0.302 e. The molecule has 0 amide bonds. The SMILES string of the molecule is CC(=O)O[C@@H](C)C/C=C/C=C/C=C/CCCc1cccnc1. The van der Waals surface area contributed by atoms with Gasteiger partial charge in [0.15, 0.2) is 0 Å². The molecule has 3 nitrogen and oxygen atoms in total. The maximum absolute atomic E-state index is 10.7. The molecule has 1 heterocycles. The Hall–Kier alpha value is -2.16. The minimum atomic E-state index is -0.231. The lowest BCUT2D eigenvalue weighted by Gasteiger charge is -2.07. The number of carbonyl (C=O) groups is 1. The topological polar surface area (TPSA) is 39.2 Å². The van der Waals surface area contributed by atoms with Gasteiger partial charge in [-0.2, -0.15) is 0 Å². The van der Waals surface area contributed by atoms with Gasteiger partial charge in [-0.15, -0.1) is 0 Å². The predicted octanol–water partition coefficient (Wildman–Crippen LogP) is 4.41. The van der Waals surface area contributed by atoms with E-state index in [2.05, 4.69) is 23.2 Å². The fourth-order valence-corrected chi connectivity index (χ4v) is 1.95. The number of rotatable bonds is 9. The largest absolute Gasteiger partial charge is 0.463 e. The van der Waals surface area contributed by atoms with Crippen molar-refractivity contribution in [1.29, 1.82) is 0 Å². The number of aromatic nitrogens is 1. The van der Waals surface area contributed by atoms with Crippen molar-refractivity contribution in [2.45, 2.75) is 45.6 Å². The number of pyridine rings is 1. The number of allylic oxidation sites excluding steroid dienone is 5. The van der Waals surface area contributed by atoms with Crippen LogP contribution in [0, 0.1) is 0 Å². The van der Waals surface area contributed by atoms with Gasteiger partial charge in [0.25, 0.3) is 0 Å². The molecule has 0 aliphatic carbocycles. The Morgan fingerprint density at radius 2 is 2.05 bits per heavy atom. The zero-order chi connectivity index (χ0) is 16.0. The second-order valence-electron chi connectivity index (χ2n) is 5.15. The molecule has 0 aliphatic rings. The first kappa shape index (κ1) is 17.9. The first-order chi connectivity index (χ1) is 10.7. The van der Waals surface area contributed by atoms with Crippen molar-refractivity contribution in [2.75, 3.05) is 0 Å². The molecule has 0 radical (unpaired) electrons. The summed E-state index contributed by atoms with van der Waals surface area (Å²) < 4.78 is 5.03. The summed E-state index contributed by atoms with van der Waals surface area (Å²) in [4.78, 5) is 14.8. The van der Waals surface area contributed by atoms with Crippen LogP contribution in [0.25, 0.3) is 0 Å². The maximum Gasteiger partial charge on any atom is 0.302 e. The van der Waals surface area contributed by atoms with E-state index < -0.39 is 0 Å². The minimum Gasteiger partial charge on any atom is -0.463 e. The molecule has 118 valence electrons. The van der Waals surface area contributed by atoms with Gasteiger partial charge in [-0.25, -0.2) is 0 Å². The van der Waals surface area contributed by atoms with Crippen LogP contribution in [-0.2, 0) is 16.0 Å². The third-order valence-electron chi connectivity index (χ3n) is 3.00. The molecule has 22 heavy (non-hydrogen) atoms. The van der Waals surface area contributed by atoms with Crippen molar-refractivity contribution in [3.05, 3.63) is 66.5 Å². The molecule has 3 heteroatoms. The van der Waals surface area contributed by atoms with E-state index in [0.29, 0.717) is 0 Å². The van der Waals surface area contributed by atoms with Crippen LogP contribution >= 0.6 is 0 Å². The molecule has 1 rings (SSSR count). The molecule has 0 saturated carbocycles. The Balaban J connectivity index is 2.08. The second-order valence-corrected chi connectivity index (χ2v) is 5.15. The van der Waals surface area contributed by atoms with E-state index in [-0.39, 0.29) is 12.1 Å². The standard InChI is InChI=1S/C19H25NO2/c1-17(22-18(2)21)12-9-7-5-3-4-6-8-10-13-19-14-11-15-20-16-19/h3-7,9,11,14-17H,8,10,12-13H2,1-2H3/b5-3+,6-4+,9-7+/t17-/m0/s1. The van der Waals surface area contributed by atoms with Crippen molar-refractivity contribution >= 4 is 5.97 Å². The first-order valence-electron chi connectivity index (χ1n) is 7.73. The Bertz CT molecular complexity index is 503. The van der Waals surface area contributed by atoms with Gasteiger partial charge in [0.05, 0.1) is 0 Å². The lowest BCUT2D eigenvalue weighted by atomic mass is 10.1. The summed E-state index contributed by atoms with van der Waals surface area (Å²) >= 11 is 0. The van der Waals surface area contributed by atoms with Gasteiger partial charge in [-0.3, -0.25) is 9.78 Å². The van der Waals surface area contributed by atoms with Crippen molar-refractivity contribution in [2.24, 2.45) is 0 Å². The average molecular weight is 299 g/mol. The minimum absolute atomic E-state index is 0.0647. The highest BCUT2D eigenvalue weighted by molar-refractivity contribution is 5.66. The summed E-state index contributed by atoms with van der Waals surface area (Å²) in [6.45, 7) is 3.32. The lowest BCUT2D eigenvalue weighted by molar-refractivity contribution is -0.145. The van der Waals surface area contributed by atoms with E-state index >= 15 is 0 Å². The summed E-state index contributed by atoms with van der Waals surface area (Å²) in [5, 5.41) is 0. The fraction of sp³-hybridized carbons (Fsp3) is 0.368. The van der Waals surface area contributed by atoms with Gasteiger partial charge < -0.3 is 4.74 Å². The van der Waals surface area contributed by atoms with Gasteiger partial charge in [-0.05, 0) is 37.8 Å². The predicted molar refractivity (Wildman–Crippen MR) is 90.4 cm³/mol. The monoisotopic (exact) mass is 299 g/mol. The summed E-state index contributed by atoms with van der Waals surface area (Å²) in [5.74, 6) is -0.231. The number of carbonyl (C=O) groups excluding carboxylic acids is 1. The van der Waals surface area contributed by atoms with Gasteiger partial charge in [-0.1, -0.05) is 42.5 Å². The molecule has 0 N–H and O–H groups in total. The molecule has 0 bridgehead atoms. The number of hydrogen-bond donors (Lipinski definition) is 0. The first-order valence-corrected chi connectivity index (χ1v) is 7.73. The van der Waals surface area contributed by atoms with Crippen LogP contribution in [0.5, 0.6) is 0 Å². The number of nitrogens with zero attached hydrogens (tertiary/aromatic N) is 1. The van der Waals surface area contributed by atoms with Crippen LogP contribution < -0.4 is 0 Å².